The molecule has 0 fully saturated rings. The van der Waals surface area contributed by atoms with Crippen LogP contribution in [0.5, 0.6) is 0 Å². The monoisotopic (exact) mass is 399 g/mol. The topological polar surface area (TPSA) is 77.1 Å². The molecule has 0 aliphatic carbocycles. The van der Waals surface area contributed by atoms with Crippen molar-refractivity contribution in [2.24, 2.45) is 0 Å². The minimum atomic E-state index is -0.102. The van der Waals surface area contributed by atoms with E-state index in [2.05, 4.69) is 26.8 Å². The van der Waals surface area contributed by atoms with Gasteiger partial charge in [-0.15, -0.1) is 10.2 Å². The van der Waals surface area contributed by atoms with E-state index in [-0.39, 0.29) is 11.9 Å². The second-order valence-corrected chi connectivity index (χ2v) is 7.54. The number of nitrogens with zero attached hydrogens (tertiary/aromatic N) is 5. The second kappa shape index (κ2) is 7.26. The molecule has 30 heavy (non-hydrogen) atoms. The van der Waals surface area contributed by atoms with Crippen LogP contribution in [0.1, 0.15) is 34.9 Å². The Morgan fingerprint density at radius 2 is 1.67 bits per heavy atom. The van der Waals surface area contributed by atoms with Crippen molar-refractivity contribution >= 4 is 5.91 Å². The van der Waals surface area contributed by atoms with Crippen molar-refractivity contribution in [3.05, 3.63) is 77.8 Å². The zero-order valence-electron chi connectivity index (χ0n) is 16.8. The molecule has 0 bridgehead atoms. The number of amides is 1. The van der Waals surface area contributed by atoms with Crippen LogP contribution in [0.2, 0.25) is 0 Å². The van der Waals surface area contributed by atoms with E-state index in [0.29, 0.717) is 30.1 Å². The third-order valence-corrected chi connectivity index (χ3v) is 5.47. The van der Waals surface area contributed by atoms with Gasteiger partial charge in [0.05, 0.1) is 12.6 Å². The van der Waals surface area contributed by atoms with Crippen LogP contribution in [0.4, 0.5) is 0 Å². The lowest BCUT2D eigenvalue weighted by molar-refractivity contribution is 0.0681. The third kappa shape index (κ3) is 2.99. The highest BCUT2D eigenvalue weighted by atomic mass is 16.5. The summed E-state index contributed by atoms with van der Waals surface area (Å²) < 4.78 is 7.51. The van der Waals surface area contributed by atoms with Gasteiger partial charge in [0, 0.05) is 17.7 Å². The maximum atomic E-state index is 13.5. The van der Waals surface area contributed by atoms with Gasteiger partial charge in [-0.25, -0.2) is 0 Å². The van der Waals surface area contributed by atoms with Gasteiger partial charge in [-0.3, -0.25) is 4.79 Å². The van der Waals surface area contributed by atoms with Crippen molar-refractivity contribution in [2.45, 2.75) is 26.4 Å². The standard InChI is InChI=1S/C23H21N5O2/c1-15-13-27(14-19-24-25-22(28(15)19)18-11-7-4-8-12-18)23(29)20-16(2)30-26-21(20)17-9-5-3-6-10-17/h3-12,15H,13-14H2,1-2H3/t15-/m0/s1. The first-order chi connectivity index (χ1) is 14.6. The zero-order chi connectivity index (χ0) is 20.7. The van der Waals surface area contributed by atoms with Gasteiger partial charge in [0.2, 0.25) is 0 Å². The molecule has 2 aromatic heterocycles. The first kappa shape index (κ1) is 18.3. The van der Waals surface area contributed by atoms with Crippen molar-refractivity contribution in [3.63, 3.8) is 0 Å². The molecule has 1 aliphatic heterocycles. The third-order valence-electron chi connectivity index (χ3n) is 5.47. The Hall–Kier alpha value is -3.74. The van der Waals surface area contributed by atoms with Crippen LogP contribution in [0.15, 0.2) is 65.2 Å². The Labute approximate surface area is 174 Å². The zero-order valence-corrected chi connectivity index (χ0v) is 16.8. The quantitative estimate of drug-likeness (QED) is 0.518. The molecular weight excluding hydrogens is 378 g/mol. The van der Waals surface area contributed by atoms with Crippen molar-refractivity contribution in [2.75, 3.05) is 6.54 Å². The fraction of sp³-hybridized carbons (Fsp3) is 0.217. The number of rotatable bonds is 3. The van der Waals surface area contributed by atoms with Crippen molar-refractivity contribution in [3.8, 4) is 22.6 Å². The summed E-state index contributed by atoms with van der Waals surface area (Å²) in [6.07, 6.45) is 0. The maximum absolute atomic E-state index is 13.5. The molecule has 2 aromatic carbocycles. The van der Waals surface area contributed by atoms with Gasteiger partial charge < -0.3 is 14.0 Å². The average Bonchev–Trinajstić information content (AvgIpc) is 3.38. The van der Waals surface area contributed by atoms with Crippen LogP contribution in [0.25, 0.3) is 22.6 Å². The summed E-state index contributed by atoms with van der Waals surface area (Å²) in [6, 6.07) is 19.7. The molecule has 3 heterocycles. The highest BCUT2D eigenvalue weighted by Gasteiger charge is 2.33. The van der Waals surface area contributed by atoms with E-state index in [9.17, 15) is 4.79 Å². The maximum Gasteiger partial charge on any atom is 0.260 e. The van der Waals surface area contributed by atoms with E-state index in [4.69, 9.17) is 4.52 Å². The van der Waals surface area contributed by atoms with Gasteiger partial charge >= 0.3 is 0 Å². The Balaban J connectivity index is 1.48. The number of aryl methyl sites for hydroxylation is 1. The molecular formula is C23H21N5O2. The number of hydrogen-bond donors (Lipinski definition) is 0. The predicted octanol–water partition coefficient (Wildman–Crippen LogP) is 4.13. The van der Waals surface area contributed by atoms with Crippen LogP contribution in [-0.4, -0.2) is 37.3 Å². The number of aromatic nitrogens is 4. The van der Waals surface area contributed by atoms with Crippen molar-refractivity contribution < 1.29 is 9.32 Å². The summed E-state index contributed by atoms with van der Waals surface area (Å²) in [4.78, 5) is 15.3. The molecule has 150 valence electrons. The lowest BCUT2D eigenvalue weighted by Crippen LogP contribution is -2.40. The molecule has 4 aromatic rings. The molecule has 0 saturated carbocycles. The van der Waals surface area contributed by atoms with Gasteiger partial charge in [-0.1, -0.05) is 65.8 Å². The number of fused-ring (bicyclic) bond motifs is 1. The van der Waals surface area contributed by atoms with E-state index >= 15 is 0 Å². The van der Waals surface area contributed by atoms with Gasteiger partial charge in [-0.05, 0) is 13.8 Å². The average molecular weight is 399 g/mol. The lowest BCUT2D eigenvalue weighted by Gasteiger charge is -2.32. The van der Waals surface area contributed by atoms with Crippen molar-refractivity contribution in [1.82, 2.24) is 24.8 Å². The van der Waals surface area contributed by atoms with Crippen LogP contribution >= 0.6 is 0 Å². The Bertz CT molecular complexity index is 1200. The number of carbonyl (C=O) groups excluding carboxylic acids is 1. The first-order valence-corrected chi connectivity index (χ1v) is 9.93. The summed E-state index contributed by atoms with van der Waals surface area (Å²) in [5.41, 5.74) is 2.95. The molecule has 7 nitrogen and oxygen atoms in total. The van der Waals surface area contributed by atoms with Crippen LogP contribution in [0.3, 0.4) is 0 Å². The number of hydrogen-bond acceptors (Lipinski definition) is 5. The fourth-order valence-electron chi connectivity index (χ4n) is 4.04. The van der Waals surface area contributed by atoms with E-state index < -0.39 is 0 Å². The fourth-order valence-corrected chi connectivity index (χ4v) is 4.04. The van der Waals surface area contributed by atoms with Gasteiger partial charge in [0.1, 0.15) is 17.0 Å². The predicted molar refractivity (Wildman–Crippen MR) is 112 cm³/mol. The minimum absolute atomic E-state index is 0.0447. The molecule has 0 saturated heterocycles. The van der Waals surface area contributed by atoms with Crippen LogP contribution in [0, 0.1) is 6.92 Å². The van der Waals surface area contributed by atoms with E-state index in [0.717, 1.165) is 22.8 Å². The molecule has 1 aliphatic rings. The highest BCUT2D eigenvalue weighted by Crippen LogP contribution is 2.31. The lowest BCUT2D eigenvalue weighted by atomic mass is 10.0. The number of carbonyl (C=O) groups is 1. The summed E-state index contributed by atoms with van der Waals surface area (Å²) in [5.74, 6) is 2.02. The molecule has 7 heteroatoms. The summed E-state index contributed by atoms with van der Waals surface area (Å²) in [6.45, 7) is 4.80. The Morgan fingerprint density at radius 3 is 2.37 bits per heavy atom. The minimum Gasteiger partial charge on any atom is -0.360 e. The summed E-state index contributed by atoms with van der Waals surface area (Å²) >= 11 is 0. The van der Waals surface area contributed by atoms with Crippen LogP contribution in [-0.2, 0) is 6.54 Å². The van der Waals surface area contributed by atoms with Gasteiger partial charge in [0.15, 0.2) is 11.6 Å². The summed E-state index contributed by atoms with van der Waals surface area (Å²) in [7, 11) is 0. The molecule has 0 radical (unpaired) electrons. The van der Waals surface area contributed by atoms with Gasteiger partial charge in [0.25, 0.3) is 5.91 Å². The smallest absolute Gasteiger partial charge is 0.260 e. The molecule has 1 atom stereocenters. The first-order valence-electron chi connectivity index (χ1n) is 9.93. The van der Waals surface area contributed by atoms with Crippen molar-refractivity contribution in [1.29, 1.82) is 0 Å². The molecule has 1 amide bonds. The van der Waals surface area contributed by atoms with E-state index in [1.807, 2.05) is 60.7 Å². The molecule has 0 unspecified atom stereocenters. The normalized spacial score (nSPS) is 15.8. The van der Waals surface area contributed by atoms with E-state index in [1.165, 1.54) is 0 Å². The van der Waals surface area contributed by atoms with Gasteiger partial charge in [-0.2, -0.15) is 0 Å². The second-order valence-electron chi connectivity index (χ2n) is 7.54. The molecule has 0 spiro atoms. The number of benzene rings is 2. The summed E-state index contributed by atoms with van der Waals surface area (Å²) in [5, 5.41) is 12.9. The molecule has 0 N–H and O–H groups in total. The SMILES string of the molecule is Cc1onc(-c2ccccc2)c1C(=O)N1Cc2nnc(-c3ccccc3)n2[C@@H](C)C1. The van der Waals surface area contributed by atoms with E-state index in [1.54, 1.807) is 11.8 Å². The highest BCUT2D eigenvalue weighted by molar-refractivity contribution is 6.00. The largest absolute Gasteiger partial charge is 0.360 e. The Kier molecular flexibility index (Phi) is 4.43. The Morgan fingerprint density at radius 1 is 1.00 bits per heavy atom. The van der Waals surface area contributed by atoms with Crippen LogP contribution < -0.4 is 0 Å². The molecule has 5 rings (SSSR count).